The zero-order valence-corrected chi connectivity index (χ0v) is 15.7. The third-order valence-electron chi connectivity index (χ3n) is 2.99. The van der Waals surface area contributed by atoms with Crippen LogP contribution in [0, 0.1) is 5.82 Å². The number of aromatic amines is 1. The van der Waals surface area contributed by atoms with Crippen molar-refractivity contribution in [2.45, 2.75) is 6.54 Å². The smallest absolute Gasteiger partial charge is 0.279 e. The number of hydrogen-bond acceptors (Lipinski definition) is 4. The SMILES string of the molecule is O=C(Nc1ncn(Cc2ccc(F)cc2Cl)n1)c1n[nH]c(Br)c1Br. The molecule has 11 heteroatoms. The Balaban J connectivity index is 1.71. The lowest BCUT2D eigenvalue weighted by Crippen LogP contribution is -2.14. The zero-order chi connectivity index (χ0) is 17.3. The predicted octanol–water partition coefficient (Wildman–Crippen LogP) is 3.62. The summed E-state index contributed by atoms with van der Waals surface area (Å²) >= 11 is 12.4. The average Bonchev–Trinajstić information content (AvgIpc) is 3.10. The van der Waals surface area contributed by atoms with Crippen molar-refractivity contribution < 1.29 is 9.18 Å². The minimum absolute atomic E-state index is 0.115. The first-order valence-corrected chi connectivity index (χ1v) is 8.44. The molecule has 3 aromatic rings. The molecule has 2 N–H and O–H groups in total. The molecule has 2 aromatic heterocycles. The average molecular weight is 479 g/mol. The molecular weight excluding hydrogens is 470 g/mol. The summed E-state index contributed by atoms with van der Waals surface area (Å²) in [6, 6.07) is 4.10. The van der Waals surface area contributed by atoms with E-state index in [-0.39, 0.29) is 11.6 Å². The predicted molar refractivity (Wildman–Crippen MR) is 92.5 cm³/mol. The Morgan fingerprint density at radius 2 is 2.21 bits per heavy atom. The zero-order valence-electron chi connectivity index (χ0n) is 11.7. The minimum Gasteiger partial charge on any atom is -0.288 e. The van der Waals surface area contributed by atoms with Crippen LogP contribution in [0.5, 0.6) is 0 Å². The summed E-state index contributed by atoms with van der Waals surface area (Å²) in [6.45, 7) is 0.291. The monoisotopic (exact) mass is 476 g/mol. The molecule has 0 radical (unpaired) electrons. The molecule has 0 bridgehead atoms. The lowest BCUT2D eigenvalue weighted by molar-refractivity contribution is 0.102. The molecule has 0 fully saturated rings. The van der Waals surface area contributed by atoms with Gasteiger partial charge in [0.05, 0.1) is 11.0 Å². The third kappa shape index (κ3) is 3.65. The topological polar surface area (TPSA) is 88.5 Å². The van der Waals surface area contributed by atoms with Crippen molar-refractivity contribution in [3.63, 3.8) is 0 Å². The summed E-state index contributed by atoms with van der Waals surface area (Å²) in [7, 11) is 0. The number of carbonyl (C=O) groups is 1. The molecule has 0 atom stereocenters. The van der Waals surface area contributed by atoms with E-state index in [1.807, 2.05) is 0 Å². The number of rotatable bonds is 4. The largest absolute Gasteiger partial charge is 0.288 e. The van der Waals surface area contributed by atoms with Gasteiger partial charge in [0.25, 0.3) is 5.91 Å². The molecule has 0 aliphatic rings. The molecule has 2 heterocycles. The van der Waals surface area contributed by atoms with Gasteiger partial charge in [-0.05, 0) is 49.6 Å². The normalized spacial score (nSPS) is 10.8. The Kier molecular flexibility index (Phi) is 4.97. The van der Waals surface area contributed by atoms with Crippen LogP contribution in [0.3, 0.4) is 0 Å². The fraction of sp³-hybridized carbons (Fsp3) is 0.0769. The Bertz CT molecular complexity index is 912. The molecule has 7 nitrogen and oxygen atoms in total. The molecule has 0 unspecified atom stereocenters. The summed E-state index contributed by atoms with van der Waals surface area (Å²) in [5, 5.41) is 13.4. The Morgan fingerprint density at radius 3 is 2.88 bits per heavy atom. The van der Waals surface area contributed by atoms with E-state index < -0.39 is 11.7 Å². The van der Waals surface area contributed by atoms with E-state index in [4.69, 9.17) is 11.6 Å². The van der Waals surface area contributed by atoms with E-state index in [1.165, 1.54) is 23.1 Å². The molecule has 0 saturated heterocycles. The molecule has 0 aliphatic heterocycles. The second kappa shape index (κ2) is 6.99. The van der Waals surface area contributed by atoms with Crippen molar-refractivity contribution in [1.29, 1.82) is 0 Å². The maximum atomic E-state index is 13.0. The van der Waals surface area contributed by atoms with E-state index in [0.29, 0.717) is 26.2 Å². The number of hydrogen-bond donors (Lipinski definition) is 2. The maximum Gasteiger partial charge on any atom is 0.279 e. The molecule has 24 heavy (non-hydrogen) atoms. The number of benzene rings is 1. The summed E-state index contributed by atoms with van der Waals surface area (Å²) in [5.41, 5.74) is 0.847. The van der Waals surface area contributed by atoms with Gasteiger partial charge >= 0.3 is 0 Å². The van der Waals surface area contributed by atoms with Gasteiger partial charge in [-0.15, -0.1) is 5.10 Å². The highest BCUT2D eigenvalue weighted by Gasteiger charge is 2.18. The molecule has 3 rings (SSSR count). The highest BCUT2D eigenvalue weighted by atomic mass is 79.9. The highest BCUT2D eigenvalue weighted by Crippen LogP contribution is 2.24. The summed E-state index contributed by atoms with van der Waals surface area (Å²) in [5.74, 6) is -0.767. The molecule has 0 saturated carbocycles. The fourth-order valence-corrected chi connectivity index (χ4v) is 2.73. The van der Waals surface area contributed by atoms with Gasteiger partial charge in [0.1, 0.15) is 16.7 Å². The lowest BCUT2D eigenvalue weighted by atomic mass is 10.2. The van der Waals surface area contributed by atoms with E-state index in [1.54, 1.807) is 6.07 Å². The number of aromatic nitrogens is 5. The van der Waals surface area contributed by atoms with Crippen LogP contribution in [0.25, 0.3) is 0 Å². The number of nitrogens with zero attached hydrogens (tertiary/aromatic N) is 4. The minimum atomic E-state index is -0.471. The van der Waals surface area contributed by atoms with Gasteiger partial charge < -0.3 is 0 Å². The van der Waals surface area contributed by atoms with Gasteiger partial charge in [-0.2, -0.15) is 5.10 Å². The Hall–Kier alpha value is -1.78. The van der Waals surface area contributed by atoms with Crippen LogP contribution in [-0.2, 0) is 6.54 Å². The van der Waals surface area contributed by atoms with Gasteiger partial charge in [0.2, 0.25) is 5.95 Å². The van der Waals surface area contributed by atoms with E-state index in [0.717, 1.165) is 0 Å². The van der Waals surface area contributed by atoms with Crippen LogP contribution in [0.2, 0.25) is 5.02 Å². The van der Waals surface area contributed by atoms with Crippen LogP contribution in [0.1, 0.15) is 16.1 Å². The second-order valence-corrected chi connectivity index (χ2v) is 6.65. The van der Waals surface area contributed by atoms with E-state index in [2.05, 4.69) is 57.5 Å². The Labute approximate surface area is 156 Å². The molecule has 1 aromatic carbocycles. The number of halogens is 4. The molecular formula is C13H8Br2ClFN6O. The van der Waals surface area contributed by atoms with Crippen molar-refractivity contribution in [3.05, 3.63) is 55.7 Å². The summed E-state index contributed by atoms with van der Waals surface area (Å²) < 4.78 is 15.6. The van der Waals surface area contributed by atoms with Crippen molar-refractivity contribution in [2.24, 2.45) is 0 Å². The number of anilines is 1. The van der Waals surface area contributed by atoms with Gasteiger partial charge in [-0.1, -0.05) is 17.7 Å². The van der Waals surface area contributed by atoms with Crippen LogP contribution < -0.4 is 5.32 Å². The standard InChI is InChI=1S/C13H8Br2ClFN6O/c14-9-10(20-21-11(9)15)12(24)19-13-18-5-23(22-13)4-6-1-2-7(17)3-8(6)16/h1-3,5H,4H2,(H,20,21)(H,19,22,24). The van der Waals surface area contributed by atoms with Crippen LogP contribution >= 0.6 is 43.5 Å². The van der Waals surface area contributed by atoms with E-state index in [9.17, 15) is 9.18 Å². The molecule has 124 valence electrons. The van der Waals surface area contributed by atoms with Gasteiger partial charge in [0, 0.05) is 5.02 Å². The first kappa shape index (κ1) is 17.1. The van der Waals surface area contributed by atoms with Gasteiger partial charge in [-0.3, -0.25) is 15.2 Å². The quantitative estimate of drug-likeness (QED) is 0.600. The maximum absolute atomic E-state index is 13.0. The van der Waals surface area contributed by atoms with Crippen molar-refractivity contribution >= 4 is 55.3 Å². The fourth-order valence-electron chi connectivity index (χ4n) is 1.87. The highest BCUT2D eigenvalue weighted by molar-refractivity contribution is 9.13. The molecule has 1 amide bonds. The number of H-pyrrole nitrogens is 1. The lowest BCUT2D eigenvalue weighted by Gasteiger charge is -2.04. The van der Waals surface area contributed by atoms with Crippen LogP contribution in [0.4, 0.5) is 10.3 Å². The Morgan fingerprint density at radius 1 is 1.42 bits per heavy atom. The third-order valence-corrected chi connectivity index (χ3v) is 5.22. The number of amides is 1. The first-order valence-electron chi connectivity index (χ1n) is 6.48. The summed E-state index contributed by atoms with van der Waals surface area (Å²) in [4.78, 5) is 16.1. The second-order valence-electron chi connectivity index (χ2n) is 4.66. The summed E-state index contributed by atoms with van der Waals surface area (Å²) in [6.07, 6.45) is 1.44. The van der Waals surface area contributed by atoms with Crippen LogP contribution in [0.15, 0.2) is 33.6 Å². The van der Waals surface area contributed by atoms with Gasteiger partial charge in [0.15, 0.2) is 5.69 Å². The molecule has 0 spiro atoms. The molecule has 0 aliphatic carbocycles. The van der Waals surface area contributed by atoms with E-state index >= 15 is 0 Å². The van der Waals surface area contributed by atoms with Crippen molar-refractivity contribution in [1.82, 2.24) is 25.0 Å². The van der Waals surface area contributed by atoms with Crippen molar-refractivity contribution in [2.75, 3.05) is 5.32 Å². The van der Waals surface area contributed by atoms with Gasteiger partial charge in [-0.25, -0.2) is 14.1 Å². The number of nitrogens with one attached hydrogen (secondary N) is 2. The number of carbonyl (C=O) groups excluding carboxylic acids is 1. The first-order chi connectivity index (χ1) is 11.4. The van der Waals surface area contributed by atoms with Crippen LogP contribution in [-0.4, -0.2) is 30.9 Å². The van der Waals surface area contributed by atoms with Crippen molar-refractivity contribution in [3.8, 4) is 0 Å².